The molecular weight excluding hydrogens is 556 g/mol. The quantitative estimate of drug-likeness (QED) is 0.255. The Bertz CT molecular complexity index is 1230. The fraction of sp³-hybridized carbons (Fsp3) is 0.593. The van der Waals surface area contributed by atoms with E-state index in [2.05, 4.69) is 10.6 Å². The average molecular weight is 595 g/mol. The number of hydrogen-bond donors (Lipinski definition) is 4. The monoisotopic (exact) mass is 594 g/mol. The zero-order valence-corrected chi connectivity index (χ0v) is 23.9. The van der Waals surface area contributed by atoms with Crippen LogP contribution in [0.15, 0.2) is 29.2 Å². The number of nitrogens with one attached hydrogen (secondary N) is 2. The molecule has 1 aromatic carbocycles. The van der Waals surface area contributed by atoms with Crippen molar-refractivity contribution in [2.24, 2.45) is 5.92 Å². The smallest absolute Gasteiger partial charge is 0.326 e. The van der Waals surface area contributed by atoms with Crippen LogP contribution in [0.2, 0.25) is 0 Å². The number of nitrogens with zero attached hydrogens (tertiary/aromatic N) is 2. The van der Waals surface area contributed by atoms with Gasteiger partial charge in [-0.3, -0.25) is 19.2 Å². The molecule has 0 saturated carbocycles. The molecule has 41 heavy (non-hydrogen) atoms. The number of carbonyl (C=O) groups is 5. The molecule has 0 radical (unpaired) electrons. The van der Waals surface area contributed by atoms with Gasteiger partial charge in [0.1, 0.15) is 12.1 Å². The second-order valence-corrected chi connectivity index (χ2v) is 12.4. The Morgan fingerprint density at radius 1 is 0.951 bits per heavy atom. The summed E-state index contributed by atoms with van der Waals surface area (Å²) in [5, 5.41) is 23.5. The van der Waals surface area contributed by atoms with Gasteiger partial charge in [-0.15, -0.1) is 0 Å². The molecule has 2 heterocycles. The van der Waals surface area contributed by atoms with Gasteiger partial charge in [-0.05, 0) is 57.1 Å². The number of benzene rings is 1. The van der Waals surface area contributed by atoms with Crippen LogP contribution in [0.3, 0.4) is 0 Å². The Hall–Kier alpha value is -3.52. The van der Waals surface area contributed by atoms with Crippen molar-refractivity contribution in [3.8, 4) is 0 Å². The summed E-state index contributed by atoms with van der Waals surface area (Å²) in [5.41, 5.74) is 0.890. The molecule has 226 valence electrons. The van der Waals surface area contributed by atoms with Crippen LogP contribution in [0.5, 0.6) is 0 Å². The van der Waals surface area contributed by atoms with Crippen molar-refractivity contribution in [1.29, 1.82) is 0 Å². The number of sulfonamides is 1. The molecule has 3 rings (SSSR count). The molecule has 0 aromatic heterocycles. The van der Waals surface area contributed by atoms with Crippen LogP contribution < -0.4 is 10.6 Å². The Kier molecular flexibility index (Phi) is 11.2. The highest BCUT2D eigenvalue weighted by molar-refractivity contribution is 7.89. The maximum atomic E-state index is 13.2. The van der Waals surface area contributed by atoms with E-state index in [1.807, 2.05) is 6.92 Å². The summed E-state index contributed by atoms with van der Waals surface area (Å²) in [4.78, 5) is 61.7. The first kappa shape index (κ1) is 32.0. The second kappa shape index (κ2) is 14.4. The first-order chi connectivity index (χ1) is 19.4. The fourth-order valence-corrected chi connectivity index (χ4v) is 6.70. The van der Waals surface area contributed by atoms with Gasteiger partial charge in [-0.1, -0.05) is 17.7 Å². The van der Waals surface area contributed by atoms with Gasteiger partial charge in [0, 0.05) is 39.0 Å². The Labute approximate surface area is 239 Å². The number of piperidine rings is 1. The van der Waals surface area contributed by atoms with Gasteiger partial charge in [-0.25, -0.2) is 13.2 Å². The predicted molar refractivity (Wildman–Crippen MR) is 146 cm³/mol. The third kappa shape index (κ3) is 8.98. The van der Waals surface area contributed by atoms with Crippen LogP contribution in [0, 0.1) is 12.8 Å². The number of likely N-dealkylation sites (tertiary alicyclic amines) is 1. The van der Waals surface area contributed by atoms with E-state index in [0.717, 1.165) is 9.87 Å². The highest BCUT2D eigenvalue weighted by atomic mass is 32.2. The highest BCUT2D eigenvalue weighted by Gasteiger charge is 2.40. The van der Waals surface area contributed by atoms with Crippen LogP contribution in [-0.2, 0) is 34.0 Å². The molecule has 0 aliphatic carbocycles. The van der Waals surface area contributed by atoms with Crippen LogP contribution in [-0.4, -0.2) is 95.8 Å². The molecule has 3 amide bonds. The number of amides is 3. The van der Waals surface area contributed by atoms with E-state index in [0.29, 0.717) is 38.9 Å². The molecule has 0 spiro atoms. The van der Waals surface area contributed by atoms with Gasteiger partial charge >= 0.3 is 11.9 Å². The number of carboxylic acid groups (broad SMARTS) is 2. The molecule has 4 N–H and O–H groups in total. The minimum absolute atomic E-state index is 0.0625. The van der Waals surface area contributed by atoms with E-state index in [9.17, 15) is 37.5 Å². The largest absolute Gasteiger partial charge is 0.481 e. The van der Waals surface area contributed by atoms with Crippen molar-refractivity contribution in [2.45, 2.75) is 75.3 Å². The molecule has 2 fully saturated rings. The topological polar surface area (TPSA) is 190 Å². The van der Waals surface area contributed by atoms with E-state index in [4.69, 9.17) is 5.11 Å². The number of aliphatic carboxylic acids is 2. The molecule has 0 bridgehead atoms. The van der Waals surface area contributed by atoms with Gasteiger partial charge in [0.05, 0.1) is 11.3 Å². The van der Waals surface area contributed by atoms with Gasteiger partial charge < -0.3 is 25.7 Å². The van der Waals surface area contributed by atoms with Crippen molar-refractivity contribution in [3.05, 3.63) is 29.8 Å². The summed E-state index contributed by atoms with van der Waals surface area (Å²) < 4.78 is 27.4. The molecule has 2 aliphatic rings. The highest BCUT2D eigenvalue weighted by Crippen LogP contribution is 2.27. The van der Waals surface area contributed by atoms with E-state index in [1.165, 1.54) is 12.1 Å². The van der Waals surface area contributed by atoms with E-state index < -0.39 is 40.0 Å². The second-order valence-electron chi connectivity index (χ2n) is 10.5. The molecule has 0 unspecified atom stereocenters. The third-order valence-electron chi connectivity index (χ3n) is 7.52. The number of hydrogen-bond acceptors (Lipinski definition) is 7. The molecule has 1 aromatic rings. The van der Waals surface area contributed by atoms with Gasteiger partial charge in [0.2, 0.25) is 27.7 Å². The number of carbonyl (C=O) groups excluding carboxylic acids is 3. The summed E-state index contributed by atoms with van der Waals surface area (Å²) in [6.07, 6.45) is 1.42. The van der Waals surface area contributed by atoms with E-state index in [-0.39, 0.29) is 61.3 Å². The lowest BCUT2D eigenvalue weighted by molar-refractivity contribution is -0.143. The van der Waals surface area contributed by atoms with Crippen molar-refractivity contribution in [1.82, 2.24) is 19.8 Å². The molecule has 2 aliphatic heterocycles. The van der Waals surface area contributed by atoms with E-state index >= 15 is 0 Å². The van der Waals surface area contributed by atoms with Crippen LogP contribution in [0.4, 0.5) is 0 Å². The van der Waals surface area contributed by atoms with Crippen molar-refractivity contribution in [3.63, 3.8) is 0 Å². The number of carboxylic acids is 2. The first-order valence-corrected chi connectivity index (χ1v) is 15.2. The summed E-state index contributed by atoms with van der Waals surface area (Å²) in [6, 6.07) is 3.90. The molecular formula is C27H38N4O9S. The summed E-state index contributed by atoms with van der Waals surface area (Å²) >= 11 is 0. The Morgan fingerprint density at radius 2 is 1.61 bits per heavy atom. The lowest BCUT2D eigenvalue weighted by Crippen LogP contribution is -2.51. The maximum absolute atomic E-state index is 13.2. The summed E-state index contributed by atoms with van der Waals surface area (Å²) in [6.45, 7) is 3.24. The zero-order valence-electron chi connectivity index (χ0n) is 23.1. The minimum Gasteiger partial charge on any atom is -0.481 e. The Morgan fingerprint density at radius 3 is 2.22 bits per heavy atom. The summed E-state index contributed by atoms with van der Waals surface area (Å²) in [7, 11) is -3.95. The minimum atomic E-state index is -3.95. The molecule has 2 atom stereocenters. The maximum Gasteiger partial charge on any atom is 0.326 e. The third-order valence-corrected chi connectivity index (χ3v) is 9.44. The number of aryl methyl sites for hydroxylation is 1. The fourth-order valence-electron chi connectivity index (χ4n) is 5.04. The SMILES string of the molecule is Cc1ccc(S(=O)(=O)N2CCC[C@H]2C(=O)N[C@@H](CCC(=O)N2CCC(CNC(=O)CCC(=O)O)CC2)C(=O)O)cc1. The van der Waals surface area contributed by atoms with Crippen LogP contribution in [0.25, 0.3) is 0 Å². The average Bonchev–Trinajstić information content (AvgIpc) is 3.44. The predicted octanol–water partition coefficient (Wildman–Crippen LogP) is 0.717. The summed E-state index contributed by atoms with van der Waals surface area (Å²) in [5.74, 6) is -3.49. The first-order valence-electron chi connectivity index (χ1n) is 13.8. The lowest BCUT2D eigenvalue weighted by Gasteiger charge is -2.32. The van der Waals surface area contributed by atoms with Gasteiger partial charge in [0.25, 0.3) is 0 Å². The van der Waals surface area contributed by atoms with Crippen molar-refractivity contribution >= 4 is 39.7 Å². The lowest BCUT2D eigenvalue weighted by atomic mass is 9.96. The Balaban J connectivity index is 1.48. The van der Waals surface area contributed by atoms with Crippen molar-refractivity contribution in [2.75, 3.05) is 26.2 Å². The standard InChI is InChI=1S/C27H38N4O9S/c1-18-4-6-20(7-5-18)41(39,40)31-14-2-3-22(31)26(36)29-21(27(37)38)8-10-24(33)30-15-12-19(13-16-30)17-28-23(32)9-11-25(34)35/h4-7,19,21-22H,2-3,8-17H2,1H3,(H,28,32)(H,29,36)(H,34,35)(H,37,38)/t21-,22-/m0/s1. The van der Waals surface area contributed by atoms with E-state index in [1.54, 1.807) is 17.0 Å². The normalized spacial score (nSPS) is 19.0. The zero-order chi connectivity index (χ0) is 30.2. The molecule has 2 saturated heterocycles. The van der Waals surface area contributed by atoms with Gasteiger partial charge in [0.15, 0.2) is 0 Å². The molecule has 13 nitrogen and oxygen atoms in total. The van der Waals surface area contributed by atoms with Gasteiger partial charge in [-0.2, -0.15) is 4.31 Å². The number of rotatable bonds is 13. The van der Waals surface area contributed by atoms with Crippen LogP contribution >= 0.6 is 0 Å². The van der Waals surface area contributed by atoms with Crippen LogP contribution in [0.1, 0.15) is 56.9 Å². The molecule has 14 heteroatoms. The van der Waals surface area contributed by atoms with Crippen molar-refractivity contribution < 1.29 is 42.6 Å².